The fourth-order valence-electron chi connectivity index (χ4n) is 1.87. The van der Waals surface area contributed by atoms with Gasteiger partial charge < -0.3 is 15.0 Å². The van der Waals surface area contributed by atoms with Crippen molar-refractivity contribution in [3.05, 3.63) is 29.8 Å². The van der Waals surface area contributed by atoms with E-state index >= 15 is 0 Å². The fraction of sp³-hybridized carbons (Fsp3) is 0.562. The second-order valence-corrected chi connectivity index (χ2v) is 4.91. The van der Waals surface area contributed by atoms with Crippen LogP contribution in [-0.4, -0.2) is 37.6 Å². The van der Waals surface area contributed by atoms with Gasteiger partial charge in [0.2, 0.25) is 0 Å². The average Bonchev–Trinajstić information content (AvgIpc) is 2.49. The highest BCUT2D eigenvalue weighted by Crippen LogP contribution is 2.24. The molecule has 0 radical (unpaired) electrons. The second-order valence-electron chi connectivity index (χ2n) is 4.91. The number of nitrogens with zero attached hydrogens (tertiary/aromatic N) is 1. The fourth-order valence-corrected chi connectivity index (χ4v) is 1.87. The molecule has 112 valence electrons. The van der Waals surface area contributed by atoms with Crippen LogP contribution >= 0.6 is 0 Å². The number of ether oxygens (including phenoxy) is 1. The van der Waals surface area contributed by atoms with Crippen molar-refractivity contribution in [3.8, 4) is 5.75 Å². The number of carbonyl (C=O) groups excluding carboxylic acids is 1. The van der Waals surface area contributed by atoms with E-state index in [0.29, 0.717) is 6.54 Å². The molecular formula is C16H26N2O2. The molecule has 1 rings (SSSR count). The standard InChI is InChI=1S/C16H26N2O2/c1-5-11-17-13(3)14-9-7-8-10-15(14)20-12-16(19)18(4)6-2/h7-10,13,17H,5-6,11-12H2,1-4H3. The van der Waals surface area contributed by atoms with Crippen LogP contribution in [-0.2, 0) is 4.79 Å². The summed E-state index contributed by atoms with van der Waals surface area (Å²) in [6, 6.07) is 8.09. The first-order valence-corrected chi connectivity index (χ1v) is 7.29. The molecular weight excluding hydrogens is 252 g/mol. The summed E-state index contributed by atoms with van der Waals surface area (Å²) in [6.45, 7) is 7.94. The van der Waals surface area contributed by atoms with Crippen LogP contribution in [0.4, 0.5) is 0 Å². The van der Waals surface area contributed by atoms with Crippen molar-refractivity contribution < 1.29 is 9.53 Å². The van der Waals surface area contributed by atoms with Crippen LogP contribution in [0.2, 0.25) is 0 Å². The van der Waals surface area contributed by atoms with Gasteiger partial charge in [0.1, 0.15) is 5.75 Å². The molecule has 4 nitrogen and oxygen atoms in total. The SMILES string of the molecule is CCCNC(C)c1ccccc1OCC(=O)N(C)CC. The summed E-state index contributed by atoms with van der Waals surface area (Å²) >= 11 is 0. The summed E-state index contributed by atoms with van der Waals surface area (Å²) in [4.78, 5) is 13.4. The van der Waals surface area contributed by atoms with Crippen molar-refractivity contribution in [1.82, 2.24) is 10.2 Å². The molecule has 0 aliphatic heterocycles. The molecule has 0 aliphatic rings. The Kier molecular flexibility index (Phi) is 7.09. The molecule has 0 fully saturated rings. The van der Waals surface area contributed by atoms with Crippen LogP contribution in [0.25, 0.3) is 0 Å². The number of carbonyl (C=O) groups is 1. The van der Waals surface area contributed by atoms with Gasteiger partial charge in [0, 0.05) is 25.2 Å². The summed E-state index contributed by atoms with van der Waals surface area (Å²) < 4.78 is 5.69. The molecule has 0 spiro atoms. The maximum Gasteiger partial charge on any atom is 0.260 e. The molecule has 0 heterocycles. The summed E-state index contributed by atoms with van der Waals surface area (Å²) in [6.07, 6.45) is 1.09. The lowest BCUT2D eigenvalue weighted by molar-refractivity contribution is -0.131. The molecule has 1 N–H and O–H groups in total. The second kappa shape index (κ2) is 8.59. The minimum atomic E-state index is -0.00327. The summed E-state index contributed by atoms with van der Waals surface area (Å²) in [5.74, 6) is 0.776. The number of hydrogen-bond donors (Lipinski definition) is 1. The zero-order valence-corrected chi connectivity index (χ0v) is 13.0. The monoisotopic (exact) mass is 278 g/mol. The van der Waals surface area contributed by atoms with Crippen molar-refractivity contribution >= 4 is 5.91 Å². The number of rotatable bonds is 8. The van der Waals surface area contributed by atoms with E-state index in [9.17, 15) is 4.79 Å². The van der Waals surface area contributed by atoms with Gasteiger partial charge in [0.25, 0.3) is 5.91 Å². The lowest BCUT2D eigenvalue weighted by Crippen LogP contribution is -2.31. The Labute approximate surface area is 122 Å². The van der Waals surface area contributed by atoms with Crippen molar-refractivity contribution in [3.63, 3.8) is 0 Å². The van der Waals surface area contributed by atoms with Crippen LogP contribution in [0.5, 0.6) is 5.75 Å². The Bertz CT molecular complexity index is 421. The summed E-state index contributed by atoms with van der Waals surface area (Å²) in [7, 11) is 1.78. The molecule has 0 bridgehead atoms. The zero-order chi connectivity index (χ0) is 15.0. The molecule has 4 heteroatoms. The van der Waals surface area contributed by atoms with Crippen LogP contribution in [0.3, 0.4) is 0 Å². The van der Waals surface area contributed by atoms with Crippen molar-refractivity contribution in [2.75, 3.05) is 26.7 Å². The normalized spacial score (nSPS) is 12.0. The van der Waals surface area contributed by atoms with Crippen molar-refractivity contribution in [2.45, 2.75) is 33.2 Å². The first-order chi connectivity index (χ1) is 9.60. The number of amides is 1. The molecule has 1 amide bonds. The largest absolute Gasteiger partial charge is 0.483 e. The molecule has 0 saturated heterocycles. The van der Waals surface area contributed by atoms with Gasteiger partial charge in [0.05, 0.1) is 0 Å². The highest BCUT2D eigenvalue weighted by molar-refractivity contribution is 5.77. The van der Waals surface area contributed by atoms with Gasteiger partial charge in [-0.2, -0.15) is 0 Å². The van der Waals surface area contributed by atoms with E-state index in [4.69, 9.17) is 4.74 Å². The van der Waals surface area contributed by atoms with E-state index in [2.05, 4.69) is 19.2 Å². The van der Waals surface area contributed by atoms with Gasteiger partial charge >= 0.3 is 0 Å². The minimum Gasteiger partial charge on any atom is -0.483 e. The van der Waals surface area contributed by atoms with Gasteiger partial charge in [-0.25, -0.2) is 0 Å². The van der Waals surface area contributed by atoms with Gasteiger partial charge in [-0.3, -0.25) is 4.79 Å². The molecule has 1 aromatic rings. The molecule has 0 saturated carbocycles. The van der Waals surface area contributed by atoms with Gasteiger partial charge in [-0.1, -0.05) is 25.1 Å². The maximum atomic E-state index is 11.8. The summed E-state index contributed by atoms with van der Waals surface area (Å²) in [5.41, 5.74) is 1.09. The molecule has 1 unspecified atom stereocenters. The predicted octanol–water partition coefficient (Wildman–Crippen LogP) is 2.60. The van der Waals surface area contributed by atoms with Crippen LogP contribution < -0.4 is 10.1 Å². The Balaban J connectivity index is 2.68. The van der Waals surface area contributed by atoms with E-state index in [1.54, 1.807) is 11.9 Å². The third kappa shape index (κ3) is 4.85. The van der Waals surface area contributed by atoms with E-state index in [1.807, 2.05) is 31.2 Å². The Morgan fingerprint density at radius 1 is 1.35 bits per heavy atom. The smallest absolute Gasteiger partial charge is 0.260 e. The van der Waals surface area contributed by atoms with Gasteiger partial charge in [-0.05, 0) is 32.9 Å². The maximum absolute atomic E-state index is 11.8. The zero-order valence-electron chi connectivity index (χ0n) is 13.0. The number of benzene rings is 1. The predicted molar refractivity (Wildman–Crippen MR) is 82.0 cm³/mol. The van der Waals surface area contributed by atoms with E-state index in [-0.39, 0.29) is 18.6 Å². The third-order valence-corrected chi connectivity index (χ3v) is 3.34. The third-order valence-electron chi connectivity index (χ3n) is 3.34. The van der Waals surface area contributed by atoms with Gasteiger partial charge in [-0.15, -0.1) is 0 Å². The molecule has 0 aliphatic carbocycles. The lowest BCUT2D eigenvalue weighted by atomic mass is 10.1. The van der Waals surface area contributed by atoms with Crippen LogP contribution in [0.15, 0.2) is 24.3 Å². The molecule has 20 heavy (non-hydrogen) atoms. The van der Waals surface area contributed by atoms with Crippen LogP contribution in [0.1, 0.15) is 38.8 Å². The van der Waals surface area contributed by atoms with E-state index in [1.165, 1.54) is 0 Å². The molecule has 1 atom stereocenters. The first-order valence-electron chi connectivity index (χ1n) is 7.29. The quantitative estimate of drug-likeness (QED) is 0.794. The average molecular weight is 278 g/mol. The van der Waals surface area contributed by atoms with Crippen molar-refractivity contribution in [1.29, 1.82) is 0 Å². The number of para-hydroxylation sites is 1. The highest BCUT2D eigenvalue weighted by atomic mass is 16.5. The number of nitrogens with one attached hydrogen (secondary N) is 1. The highest BCUT2D eigenvalue weighted by Gasteiger charge is 2.13. The van der Waals surface area contributed by atoms with Gasteiger partial charge in [0.15, 0.2) is 6.61 Å². The Hall–Kier alpha value is -1.55. The minimum absolute atomic E-state index is 0.00327. The number of likely N-dealkylation sites (N-methyl/N-ethyl adjacent to an activating group) is 1. The van der Waals surface area contributed by atoms with E-state index < -0.39 is 0 Å². The molecule has 0 aromatic heterocycles. The number of hydrogen-bond acceptors (Lipinski definition) is 3. The Morgan fingerprint density at radius 3 is 2.70 bits per heavy atom. The molecule has 1 aromatic carbocycles. The lowest BCUT2D eigenvalue weighted by Gasteiger charge is -2.19. The van der Waals surface area contributed by atoms with Crippen LogP contribution in [0, 0.1) is 0 Å². The first kappa shape index (κ1) is 16.5. The summed E-state index contributed by atoms with van der Waals surface area (Å²) in [5, 5.41) is 3.44. The Morgan fingerprint density at radius 2 is 2.05 bits per heavy atom. The topological polar surface area (TPSA) is 41.6 Å². The van der Waals surface area contributed by atoms with Crippen molar-refractivity contribution in [2.24, 2.45) is 0 Å². The van der Waals surface area contributed by atoms with E-state index in [0.717, 1.165) is 24.3 Å².